The topological polar surface area (TPSA) is 86.3 Å². The normalized spacial score (nSPS) is 12.4. The summed E-state index contributed by atoms with van der Waals surface area (Å²) in [7, 11) is 0. The summed E-state index contributed by atoms with van der Waals surface area (Å²) >= 11 is 0. The van der Waals surface area contributed by atoms with E-state index in [0.717, 1.165) is 12.5 Å². The third-order valence-electron chi connectivity index (χ3n) is 3.12. The minimum atomic E-state index is -0.599. The fourth-order valence-corrected chi connectivity index (χ4v) is 1.94. The summed E-state index contributed by atoms with van der Waals surface area (Å²) in [6.07, 6.45) is 3.78. The van der Waals surface area contributed by atoms with Crippen LogP contribution < -0.4 is 0 Å². The van der Waals surface area contributed by atoms with Crippen LogP contribution in [0.3, 0.4) is 0 Å². The third-order valence-corrected chi connectivity index (χ3v) is 3.12. The molecule has 1 atom stereocenters. The molecule has 6 nitrogen and oxygen atoms in total. The van der Waals surface area contributed by atoms with Gasteiger partial charge in [-0.15, -0.1) is 0 Å². The van der Waals surface area contributed by atoms with Crippen molar-refractivity contribution in [3.05, 3.63) is 49.9 Å². The maximum absolute atomic E-state index is 11.2. The molecule has 0 N–H and O–H groups in total. The summed E-state index contributed by atoms with van der Waals surface area (Å²) in [6.45, 7) is 7.57. The maximum atomic E-state index is 11.2. The van der Waals surface area contributed by atoms with E-state index in [-0.39, 0.29) is 23.2 Å². The van der Waals surface area contributed by atoms with Crippen molar-refractivity contribution in [1.82, 2.24) is 0 Å². The van der Waals surface area contributed by atoms with Crippen molar-refractivity contribution in [3.8, 4) is 0 Å². The smallest absolute Gasteiger partial charge is 0.258 e. The standard InChI is InChI=1S/C14H18N2O4/c1-5-10(4)12-7-11(15(17)18)8-14(16(19)20)13(12)6-9(2)3/h7-10H,5H2,1-4H3. The lowest BCUT2D eigenvalue weighted by Crippen LogP contribution is -2.06. The van der Waals surface area contributed by atoms with Gasteiger partial charge in [0.05, 0.1) is 15.9 Å². The summed E-state index contributed by atoms with van der Waals surface area (Å²) in [5.41, 5.74) is 0.497. The molecule has 0 saturated carbocycles. The van der Waals surface area contributed by atoms with E-state index < -0.39 is 9.85 Å². The Morgan fingerprint density at radius 2 is 1.75 bits per heavy atom. The number of nitro benzene ring substituents is 2. The van der Waals surface area contributed by atoms with Crippen LogP contribution in [0.15, 0.2) is 12.1 Å². The summed E-state index contributed by atoms with van der Waals surface area (Å²) in [5.74, 6) is -0.00666. The molecule has 0 heterocycles. The highest BCUT2D eigenvalue weighted by Gasteiger charge is 2.26. The predicted molar refractivity (Wildman–Crippen MR) is 75.6 cm³/mol. The van der Waals surface area contributed by atoms with Crippen LogP contribution in [-0.2, 0) is 0 Å². The Balaban J connectivity index is 3.57. The highest BCUT2D eigenvalue weighted by Crippen LogP contribution is 2.36. The van der Waals surface area contributed by atoms with Crippen LogP contribution in [0.4, 0.5) is 11.4 Å². The van der Waals surface area contributed by atoms with Crippen LogP contribution in [0.1, 0.15) is 51.2 Å². The fourth-order valence-electron chi connectivity index (χ4n) is 1.94. The molecular formula is C14H18N2O4. The Kier molecular flexibility index (Phi) is 5.19. The minimum absolute atomic E-state index is 0.00189. The summed E-state index contributed by atoms with van der Waals surface area (Å²) in [6, 6.07) is 2.43. The molecular weight excluding hydrogens is 260 g/mol. The Bertz CT molecular complexity index is 526. The molecule has 0 saturated heterocycles. The van der Waals surface area contributed by atoms with Crippen molar-refractivity contribution in [2.24, 2.45) is 5.92 Å². The molecule has 6 heteroatoms. The molecule has 1 unspecified atom stereocenters. The van der Waals surface area contributed by atoms with Crippen LogP contribution in [0.2, 0.25) is 0 Å². The van der Waals surface area contributed by atoms with Crippen molar-refractivity contribution in [2.45, 2.75) is 40.0 Å². The number of hydrogen-bond acceptors (Lipinski definition) is 4. The van der Waals surface area contributed by atoms with Gasteiger partial charge in [0.25, 0.3) is 11.4 Å². The first kappa shape index (κ1) is 16.1. The average Bonchev–Trinajstić information content (AvgIpc) is 2.36. The quantitative estimate of drug-likeness (QED) is 0.579. The van der Waals surface area contributed by atoms with E-state index in [9.17, 15) is 20.2 Å². The molecule has 20 heavy (non-hydrogen) atoms. The minimum Gasteiger partial charge on any atom is -0.258 e. The molecule has 2 radical (unpaired) electrons. The monoisotopic (exact) mass is 278 g/mol. The molecule has 0 fully saturated rings. The molecule has 0 aliphatic rings. The lowest BCUT2D eigenvalue weighted by atomic mass is 9.88. The van der Waals surface area contributed by atoms with Crippen LogP contribution in [0.25, 0.3) is 0 Å². The Morgan fingerprint density at radius 1 is 1.15 bits per heavy atom. The second-order valence-electron chi connectivity index (χ2n) is 5.05. The van der Waals surface area contributed by atoms with Gasteiger partial charge in [0.15, 0.2) is 0 Å². The number of non-ortho nitro benzene ring substituents is 1. The summed E-state index contributed by atoms with van der Waals surface area (Å²) in [5, 5.41) is 22.1. The number of benzene rings is 1. The fraction of sp³-hybridized carbons (Fsp3) is 0.500. The van der Waals surface area contributed by atoms with E-state index in [4.69, 9.17) is 0 Å². The molecule has 1 aromatic carbocycles. The van der Waals surface area contributed by atoms with Crippen molar-refractivity contribution in [2.75, 3.05) is 0 Å². The molecule has 1 rings (SSSR count). The Labute approximate surface area is 118 Å². The first-order valence-electron chi connectivity index (χ1n) is 6.51. The van der Waals surface area contributed by atoms with Gasteiger partial charge in [0, 0.05) is 18.1 Å². The lowest BCUT2D eigenvalue weighted by molar-refractivity contribution is -0.394. The van der Waals surface area contributed by atoms with Gasteiger partial charge in [-0.05, 0) is 23.8 Å². The second kappa shape index (κ2) is 6.45. The van der Waals surface area contributed by atoms with Gasteiger partial charge in [-0.1, -0.05) is 27.7 Å². The molecule has 108 valence electrons. The van der Waals surface area contributed by atoms with E-state index in [1.165, 1.54) is 6.07 Å². The molecule has 0 spiro atoms. The van der Waals surface area contributed by atoms with E-state index in [2.05, 4.69) is 6.42 Å². The average molecular weight is 278 g/mol. The van der Waals surface area contributed by atoms with E-state index >= 15 is 0 Å². The van der Waals surface area contributed by atoms with Crippen LogP contribution in [0, 0.1) is 32.6 Å². The van der Waals surface area contributed by atoms with Crippen molar-refractivity contribution in [1.29, 1.82) is 0 Å². The maximum Gasteiger partial charge on any atom is 0.280 e. The molecule has 0 amide bonds. The molecule has 1 aromatic rings. The van der Waals surface area contributed by atoms with E-state index in [1.807, 2.05) is 27.7 Å². The summed E-state index contributed by atoms with van der Waals surface area (Å²) < 4.78 is 0. The lowest BCUT2D eigenvalue weighted by Gasteiger charge is -2.16. The molecule has 0 aromatic heterocycles. The van der Waals surface area contributed by atoms with Gasteiger partial charge in [0.2, 0.25) is 0 Å². The molecule has 0 aliphatic heterocycles. The van der Waals surface area contributed by atoms with Crippen LogP contribution in [-0.4, -0.2) is 9.85 Å². The SMILES string of the molecule is CCC(C)c1cc([N+](=O)[O-])cc([N+](=O)[O-])c1[C]C(C)C. The second-order valence-corrected chi connectivity index (χ2v) is 5.05. The summed E-state index contributed by atoms with van der Waals surface area (Å²) in [4.78, 5) is 20.9. The van der Waals surface area contributed by atoms with Gasteiger partial charge in [-0.25, -0.2) is 0 Å². The Morgan fingerprint density at radius 3 is 2.15 bits per heavy atom. The zero-order chi connectivity index (χ0) is 15.4. The largest absolute Gasteiger partial charge is 0.280 e. The van der Waals surface area contributed by atoms with E-state index in [0.29, 0.717) is 11.1 Å². The highest BCUT2D eigenvalue weighted by atomic mass is 16.6. The van der Waals surface area contributed by atoms with Gasteiger partial charge >= 0.3 is 0 Å². The zero-order valence-electron chi connectivity index (χ0n) is 12.0. The van der Waals surface area contributed by atoms with Gasteiger partial charge in [-0.2, -0.15) is 0 Å². The van der Waals surface area contributed by atoms with Crippen molar-refractivity contribution < 1.29 is 9.85 Å². The number of nitro groups is 2. The third kappa shape index (κ3) is 3.53. The van der Waals surface area contributed by atoms with Gasteiger partial charge in [0.1, 0.15) is 0 Å². The van der Waals surface area contributed by atoms with Crippen molar-refractivity contribution >= 4 is 11.4 Å². The first-order chi connectivity index (χ1) is 9.27. The first-order valence-corrected chi connectivity index (χ1v) is 6.51. The number of rotatable bonds is 6. The van der Waals surface area contributed by atoms with Crippen LogP contribution >= 0.6 is 0 Å². The number of hydrogen-bond donors (Lipinski definition) is 0. The van der Waals surface area contributed by atoms with Gasteiger partial charge in [-0.3, -0.25) is 20.2 Å². The van der Waals surface area contributed by atoms with E-state index in [1.54, 1.807) is 0 Å². The highest BCUT2D eigenvalue weighted by molar-refractivity contribution is 5.58. The van der Waals surface area contributed by atoms with Crippen LogP contribution in [0.5, 0.6) is 0 Å². The predicted octanol–water partition coefficient (Wildman–Crippen LogP) is 4.10. The van der Waals surface area contributed by atoms with Gasteiger partial charge < -0.3 is 0 Å². The molecule has 0 bridgehead atoms. The Hall–Kier alpha value is -1.98. The molecule has 0 aliphatic carbocycles. The van der Waals surface area contributed by atoms with Crippen molar-refractivity contribution in [3.63, 3.8) is 0 Å². The zero-order valence-corrected chi connectivity index (χ0v) is 12.0. The number of nitrogens with zero attached hydrogens (tertiary/aromatic N) is 2.